The van der Waals surface area contributed by atoms with E-state index in [0.717, 1.165) is 6.07 Å². The van der Waals surface area contributed by atoms with Crippen LogP contribution in [-0.4, -0.2) is 21.3 Å². The lowest BCUT2D eigenvalue weighted by Gasteiger charge is -2.14. The van der Waals surface area contributed by atoms with E-state index in [1.54, 1.807) is 6.07 Å². The molecule has 1 N–H and O–H groups in total. The second-order valence-electron chi connectivity index (χ2n) is 3.96. The summed E-state index contributed by atoms with van der Waals surface area (Å²) in [5.41, 5.74) is -0.0928. The van der Waals surface area contributed by atoms with Crippen LogP contribution in [0.4, 0.5) is 13.2 Å². The van der Waals surface area contributed by atoms with Crippen LogP contribution in [0.3, 0.4) is 0 Å². The summed E-state index contributed by atoms with van der Waals surface area (Å²) in [5, 5.41) is 6.72. The summed E-state index contributed by atoms with van der Waals surface area (Å²) in [6.45, 7) is 2.64. The van der Waals surface area contributed by atoms with Gasteiger partial charge in [0.15, 0.2) is 0 Å². The van der Waals surface area contributed by atoms with Gasteiger partial charge >= 0.3 is 6.18 Å². The lowest BCUT2D eigenvalue weighted by atomic mass is 10.1. The Labute approximate surface area is 108 Å². The van der Waals surface area contributed by atoms with Crippen LogP contribution in [0.1, 0.15) is 18.1 Å². The van der Waals surface area contributed by atoms with E-state index in [4.69, 9.17) is 0 Å². The normalized spacial score (nSPS) is 11.8. The van der Waals surface area contributed by atoms with E-state index in [9.17, 15) is 13.2 Å². The van der Waals surface area contributed by atoms with Gasteiger partial charge in [0, 0.05) is 6.54 Å². The Morgan fingerprint density at radius 2 is 2.11 bits per heavy atom. The van der Waals surface area contributed by atoms with Crippen molar-refractivity contribution in [3.63, 3.8) is 0 Å². The Kier molecular flexibility index (Phi) is 3.84. The predicted molar refractivity (Wildman–Crippen MR) is 63.7 cm³/mol. The largest absolute Gasteiger partial charge is 0.416 e. The molecule has 0 saturated heterocycles. The highest BCUT2D eigenvalue weighted by Crippen LogP contribution is 2.33. The molecule has 1 aromatic carbocycles. The minimum atomic E-state index is -4.39. The van der Waals surface area contributed by atoms with Crippen LogP contribution >= 0.6 is 0 Å². The van der Waals surface area contributed by atoms with Crippen molar-refractivity contribution >= 4 is 0 Å². The van der Waals surface area contributed by atoms with Crippen molar-refractivity contribution < 1.29 is 13.2 Å². The number of hydrogen-bond acceptors (Lipinski definition) is 3. The van der Waals surface area contributed by atoms with E-state index in [1.165, 1.54) is 23.4 Å². The second kappa shape index (κ2) is 5.40. The van der Waals surface area contributed by atoms with E-state index in [2.05, 4.69) is 15.4 Å². The average molecular weight is 270 g/mol. The molecule has 7 heteroatoms. The third-order valence-electron chi connectivity index (χ3n) is 2.65. The van der Waals surface area contributed by atoms with Gasteiger partial charge in [-0.25, -0.2) is 9.67 Å². The first-order chi connectivity index (χ1) is 9.02. The highest BCUT2D eigenvalue weighted by atomic mass is 19.4. The molecule has 0 bridgehead atoms. The van der Waals surface area contributed by atoms with Gasteiger partial charge in [0.1, 0.15) is 12.7 Å². The summed E-state index contributed by atoms with van der Waals surface area (Å²) in [5.74, 6) is 0. The maximum absolute atomic E-state index is 13.0. The number of nitrogens with zero attached hydrogens (tertiary/aromatic N) is 3. The maximum Gasteiger partial charge on any atom is 0.416 e. The second-order valence-corrected chi connectivity index (χ2v) is 3.96. The van der Waals surface area contributed by atoms with Gasteiger partial charge in [0.25, 0.3) is 0 Å². The van der Waals surface area contributed by atoms with Crippen molar-refractivity contribution in [2.45, 2.75) is 19.6 Å². The van der Waals surface area contributed by atoms with Gasteiger partial charge in [0.05, 0.1) is 11.3 Å². The monoisotopic (exact) mass is 270 g/mol. The van der Waals surface area contributed by atoms with Crippen LogP contribution in [0.25, 0.3) is 5.69 Å². The summed E-state index contributed by atoms with van der Waals surface area (Å²) >= 11 is 0. The zero-order chi connectivity index (χ0) is 13.9. The molecule has 19 heavy (non-hydrogen) atoms. The van der Waals surface area contributed by atoms with Crippen molar-refractivity contribution in [1.82, 2.24) is 20.1 Å². The lowest BCUT2D eigenvalue weighted by molar-refractivity contribution is -0.138. The SMILES string of the molecule is CCNCc1ccc(-n2cncn2)cc1C(F)(F)F. The van der Waals surface area contributed by atoms with Gasteiger partial charge in [-0.3, -0.25) is 0 Å². The molecule has 0 radical (unpaired) electrons. The zero-order valence-electron chi connectivity index (χ0n) is 10.3. The number of halogens is 3. The van der Waals surface area contributed by atoms with Gasteiger partial charge in [0.2, 0.25) is 0 Å². The molecular formula is C12H13F3N4. The summed E-state index contributed by atoms with van der Waals surface area (Å²) in [6, 6.07) is 4.14. The number of nitrogens with one attached hydrogen (secondary N) is 1. The highest BCUT2D eigenvalue weighted by molar-refractivity contribution is 5.41. The summed E-state index contributed by atoms with van der Waals surface area (Å²) < 4.78 is 40.4. The maximum atomic E-state index is 13.0. The van der Waals surface area contributed by atoms with Crippen molar-refractivity contribution in [2.24, 2.45) is 0 Å². The Bertz CT molecular complexity index is 534. The number of hydrogen-bond donors (Lipinski definition) is 1. The highest BCUT2D eigenvalue weighted by Gasteiger charge is 2.33. The van der Waals surface area contributed by atoms with Gasteiger partial charge in [-0.1, -0.05) is 13.0 Å². The van der Waals surface area contributed by atoms with Gasteiger partial charge in [-0.05, 0) is 24.2 Å². The van der Waals surface area contributed by atoms with Crippen LogP contribution < -0.4 is 5.32 Å². The first-order valence-corrected chi connectivity index (χ1v) is 5.78. The van der Waals surface area contributed by atoms with E-state index in [-0.39, 0.29) is 12.1 Å². The van der Waals surface area contributed by atoms with Crippen LogP contribution in [0, 0.1) is 0 Å². The van der Waals surface area contributed by atoms with E-state index < -0.39 is 11.7 Å². The smallest absolute Gasteiger partial charge is 0.313 e. The lowest BCUT2D eigenvalue weighted by Crippen LogP contribution is -2.17. The quantitative estimate of drug-likeness (QED) is 0.927. The number of rotatable bonds is 4. The molecule has 1 heterocycles. The van der Waals surface area contributed by atoms with Crippen molar-refractivity contribution in [2.75, 3.05) is 6.54 Å². The summed E-state index contributed by atoms with van der Waals surface area (Å²) in [7, 11) is 0. The molecule has 0 saturated carbocycles. The average Bonchev–Trinajstić information content (AvgIpc) is 2.89. The Morgan fingerprint density at radius 1 is 1.32 bits per heavy atom. The molecule has 0 unspecified atom stereocenters. The fourth-order valence-corrected chi connectivity index (χ4v) is 1.73. The summed E-state index contributed by atoms with van der Waals surface area (Å²) in [4.78, 5) is 3.72. The fourth-order valence-electron chi connectivity index (χ4n) is 1.73. The Hall–Kier alpha value is -1.89. The molecule has 2 rings (SSSR count). The number of benzene rings is 1. The van der Waals surface area contributed by atoms with Crippen molar-refractivity contribution in [3.8, 4) is 5.69 Å². The predicted octanol–water partition coefficient (Wildman–Crippen LogP) is 2.40. The fraction of sp³-hybridized carbons (Fsp3) is 0.333. The van der Waals surface area contributed by atoms with Gasteiger partial charge < -0.3 is 5.32 Å². The van der Waals surface area contributed by atoms with Gasteiger partial charge in [-0.2, -0.15) is 18.3 Å². The minimum absolute atomic E-state index is 0.184. The first kappa shape index (κ1) is 13.5. The molecular weight excluding hydrogens is 257 g/mol. The van der Waals surface area contributed by atoms with E-state index in [1.807, 2.05) is 6.92 Å². The number of alkyl halides is 3. The molecule has 0 atom stereocenters. The third-order valence-corrected chi connectivity index (χ3v) is 2.65. The zero-order valence-corrected chi connectivity index (χ0v) is 10.3. The molecule has 0 spiro atoms. The molecule has 0 aliphatic carbocycles. The number of aromatic nitrogens is 3. The van der Waals surface area contributed by atoms with Crippen molar-refractivity contribution in [3.05, 3.63) is 42.0 Å². The van der Waals surface area contributed by atoms with Crippen LogP contribution in [0.5, 0.6) is 0 Å². The van der Waals surface area contributed by atoms with Crippen LogP contribution in [0.2, 0.25) is 0 Å². The molecule has 102 valence electrons. The standard InChI is InChI=1S/C12H13F3N4/c1-2-16-6-9-3-4-10(19-8-17-7-18-19)5-11(9)12(13,14)15/h3-5,7-8,16H,2,6H2,1H3. The van der Waals surface area contributed by atoms with Crippen LogP contribution in [0.15, 0.2) is 30.9 Å². The van der Waals surface area contributed by atoms with Crippen molar-refractivity contribution in [1.29, 1.82) is 0 Å². The first-order valence-electron chi connectivity index (χ1n) is 5.78. The molecule has 2 aromatic rings. The Balaban J connectivity index is 2.42. The molecule has 0 fully saturated rings. The van der Waals surface area contributed by atoms with E-state index in [0.29, 0.717) is 12.2 Å². The minimum Gasteiger partial charge on any atom is -0.313 e. The molecule has 4 nitrogen and oxygen atoms in total. The molecule has 0 aliphatic rings. The Morgan fingerprint density at radius 3 is 2.68 bits per heavy atom. The topological polar surface area (TPSA) is 42.7 Å². The molecule has 1 aromatic heterocycles. The molecule has 0 aliphatic heterocycles. The summed E-state index contributed by atoms with van der Waals surface area (Å²) in [6.07, 6.45) is -1.75. The van der Waals surface area contributed by atoms with Gasteiger partial charge in [-0.15, -0.1) is 0 Å². The molecule has 0 amide bonds. The third kappa shape index (κ3) is 3.11. The van der Waals surface area contributed by atoms with E-state index >= 15 is 0 Å². The van der Waals surface area contributed by atoms with Crippen LogP contribution in [-0.2, 0) is 12.7 Å².